The summed E-state index contributed by atoms with van der Waals surface area (Å²) in [5.74, 6) is -0.688. The summed E-state index contributed by atoms with van der Waals surface area (Å²) < 4.78 is 17.6. The zero-order valence-electron chi connectivity index (χ0n) is 15.1. The van der Waals surface area contributed by atoms with E-state index < -0.39 is 11.3 Å². The quantitative estimate of drug-likeness (QED) is 0.699. The van der Waals surface area contributed by atoms with E-state index in [1.54, 1.807) is 12.1 Å². The second kappa shape index (κ2) is 7.57. The highest BCUT2D eigenvalue weighted by Crippen LogP contribution is 2.21. The van der Waals surface area contributed by atoms with Crippen molar-refractivity contribution in [3.05, 3.63) is 87.4 Å². The predicted molar refractivity (Wildman–Crippen MR) is 97.6 cm³/mol. The Morgan fingerprint density at radius 3 is 2.44 bits per heavy atom. The van der Waals surface area contributed by atoms with Crippen molar-refractivity contribution >= 4 is 5.91 Å². The van der Waals surface area contributed by atoms with Crippen LogP contribution in [0.2, 0.25) is 0 Å². The minimum absolute atomic E-state index is 0.162. The van der Waals surface area contributed by atoms with Crippen LogP contribution in [-0.4, -0.2) is 16.0 Å². The first-order chi connectivity index (χ1) is 12.8. The van der Waals surface area contributed by atoms with Crippen molar-refractivity contribution in [2.75, 3.05) is 0 Å². The highest BCUT2D eigenvalue weighted by Gasteiger charge is 2.23. The third-order valence-electron chi connectivity index (χ3n) is 4.33. The van der Waals surface area contributed by atoms with Gasteiger partial charge in [-0.15, -0.1) is 0 Å². The van der Waals surface area contributed by atoms with E-state index in [2.05, 4.69) is 20.0 Å². The molecule has 0 spiro atoms. The van der Waals surface area contributed by atoms with E-state index in [1.165, 1.54) is 12.1 Å². The summed E-state index contributed by atoms with van der Waals surface area (Å²) in [7, 11) is 0. The minimum Gasteiger partial charge on any atom is -0.347 e. The molecule has 27 heavy (non-hydrogen) atoms. The van der Waals surface area contributed by atoms with Gasteiger partial charge in [0.1, 0.15) is 5.82 Å². The molecule has 1 amide bonds. The van der Waals surface area contributed by atoms with E-state index in [0.717, 1.165) is 16.7 Å². The highest BCUT2D eigenvalue weighted by molar-refractivity contribution is 5.79. The van der Waals surface area contributed by atoms with E-state index in [-0.39, 0.29) is 18.1 Å². The average molecular weight is 369 g/mol. The molecule has 0 fully saturated rings. The van der Waals surface area contributed by atoms with Crippen molar-refractivity contribution in [1.82, 2.24) is 15.5 Å². The largest absolute Gasteiger partial charge is 0.438 e. The van der Waals surface area contributed by atoms with Gasteiger partial charge in [-0.05, 0) is 42.7 Å². The number of nitrogens with zero attached hydrogens (tertiary/aromatic N) is 1. The van der Waals surface area contributed by atoms with Crippen LogP contribution in [0.1, 0.15) is 36.4 Å². The lowest BCUT2D eigenvalue weighted by molar-refractivity contribution is -0.122. The third kappa shape index (κ3) is 4.69. The molecule has 2 N–H and O–H groups in total. The van der Waals surface area contributed by atoms with Crippen LogP contribution in [-0.2, 0) is 23.2 Å². The van der Waals surface area contributed by atoms with E-state index in [1.807, 2.05) is 38.1 Å². The SMILES string of the molecule is CC(C)(NC(=O)Cc1ccccc1Cc1noc(=O)[nH]1)c1ccc(F)cc1. The number of benzene rings is 2. The van der Waals surface area contributed by atoms with Gasteiger partial charge in [0.05, 0.1) is 12.0 Å². The monoisotopic (exact) mass is 369 g/mol. The van der Waals surface area contributed by atoms with Crippen molar-refractivity contribution in [1.29, 1.82) is 0 Å². The van der Waals surface area contributed by atoms with Crippen LogP contribution >= 0.6 is 0 Å². The Morgan fingerprint density at radius 1 is 1.15 bits per heavy atom. The number of hydrogen-bond acceptors (Lipinski definition) is 4. The molecule has 7 heteroatoms. The fourth-order valence-electron chi connectivity index (χ4n) is 2.92. The van der Waals surface area contributed by atoms with E-state index in [9.17, 15) is 14.0 Å². The summed E-state index contributed by atoms with van der Waals surface area (Å²) in [5, 5.41) is 6.65. The molecule has 0 aliphatic carbocycles. The number of carbonyl (C=O) groups excluding carboxylic acids is 1. The summed E-state index contributed by atoms with van der Waals surface area (Å²) in [6.45, 7) is 3.73. The van der Waals surface area contributed by atoms with E-state index in [4.69, 9.17) is 0 Å². The molecular weight excluding hydrogens is 349 g/mol. The van der Waals surface area contributed by atoms with Gasteiger partial charge in [0.15, 0.2) is 5.82 Å². The predicted octanol–water partition coefficient (Wildman–Crippen LogP) is 2.69. The number of H-pyrrole nitrogens is 1. The van der Waals surface area contributed by atoms with Gasteiger partial charge in [-0.3, -0.25) is 14.3 Å². The number of halogens is 1. The number of nitrogens with one attached hydrogen (secondary N) is 2. The molecular formula is C20H20FN3O3. The topological polar surface area (TPSA) is 88.0 Å². The lowest BCUT2D eigenvalue weighted by Crippen LogP contribution is -2.41. The van der Waals surface area contributed by atoms with Crippen molar-refractivity contribution in [3.63, 3.8) is 0 Å². The first-order valence-electron chi connectivity index (χ1n) is 8.52. The smallest absolute Gasteiger partial charge is 0.347 e. The summed E-state index contributed by atoms with van der Waals surface area (Å²) in [4.78, 5) is 26.2. The van der Waals surface area contributed by atoms with Crippen LogP contribution in [0.15, 0.2) is 57.8 Å². The maximum absolute atomic E-state index is 13.1. The first kappa shape index (κ1) is 18.6. The zero-order chi connectivity index (χ0) is 19.4. The molecule has 0 bridgehead atoms. The number of amides is 1. The van der Waals surface area contributed by atoms with Crippen LogP contribution in [0, 0.1) is 5.82 Å². The molecule has 3 rings (SSSR count). The van der Waals surface area contributed by atoms with Crippen LogP contribution in [0.5, 0.6) is 0 Å². The zero-order valence-corrected chi connectivity index (χ0v) is 15.1. The molecule has 0 saturated carbocycles. The fourth-order valence-corrected chi connectivity index (χ4v) is 2.92. The van der Waals surface area contributed by atoms with Gasteiger partial charge >= 0.3 is 5.76 Å². The van der Waals surface area contributed by atoms with Gasteiger partial charge in [-0.1, -0.05) is 41.6 Å². The number of carbonyl (C=O) groups is 1. The lowest BCUT2D eigenvalue weighted by Gasteiger charge is -2.27. The Balaban J connectivity index is 1.72. The molecule has 140 valence electrons. The molecule has 0 aliphatic heterocycles. The van der Waals surface area contributed by atoms with Crippen molar-refractivity contribution in [3.8, 4) is 0 Å². The summed E-state index contributed by atoms with van der Waals surface area (Å²) in [6.07, 6.45) is 0.527. The summed E-state index contributed by atoms with van der Waals surface area (Å²) in [6, 6.07) is 13.5. The second-order valence-electron chi connectivity index (χ2n) is 6.84. The number of rotatable bonds is 6. The van der Waals surface area contributed by atoms with Gasteiger partial charge in [0.25, 0.3) is 0 Å². The summed E-state index contributed by atoms with van der Waals surface area (Å²) in [5.41, 5.74) is 1.87. The maximum atomic E-state index is 13.1. The van der Waals surface area contributed by atoms with Crippen LogP contribution in [0.3, 0.4) is 0 Å². The number of hydrogen-bond donors (Lipinski definition) is 2. The highest BCUT2D eigenvalue weighted by atomic mass is 19.1. The molecule has 2 aromatic carbocycles. The van der Waals surface area contributed by atoms with Crippen LogP contribution in [0.4, 0.5) is 4.39 Å². The van der Waals surface area contributed by atoms with Gasteiger partial charge in [-0.25, -0.2) is 9.18 Å². The molecule has 0 radical (unpaired) electrons. The third-order valence-corrected chi connectivity index (χ3v) is 4.33. The van der Waals surface area contributed by atoms with Gasteiger partial charge in [0, 0.05) is 6.42 Å². The van der Waals surface area contributed by atoms with Gasteiger partial charge < -0.3 is 5.32 Å². The Hall–Kier alpha value is -3.22. The molecule has 1 aromatic heterocycles. The molecule has 0 atom stereocenters. The average Bonchev–Trinajstić information content (AvgIpc) is 3.01. The number of aromatic amines is 1. The number of aromatic nitrogens is 2. The molecule has 6 nitrogen and oxygen atoms in total. The fraction of sp³-hybridized carbons (Fsp3) is 0.250. The van der Waals surface area contributed by atoms with Crippen LogP contribution < -0.4 is 11.1 Å². The van der Waals surface area contributed by atoms with Crippen molar-refractivity contribution < 1.29 is 13.7 Å². The van der Waals surface area contributed by atoms with E-state index >= 15 is 0 Å². The Kier molecular flexibility index (Phi) is 5.21. The Bertz CT molecular complexity index is 990. The Labute approximate surface area is 155 Å². The standard InChI is InChI=1S/C20H20FN3O3/c1-20(2,15-7-9-16(21)10-8-15)23-18(25)12-14-6-4-3-5-13(14)11-17-22-19(26)27-24-17/h3-10H,11-12H2,1-2H3,(H,23,25)(H,22,24,26). The molecule has 0 aliphatic rings. The first-order valence-corrected chi connectivity index (χ1v) is 8.52. The van der Waals surface area contributed by atoms with E-state index in [0.29, 0.717) is 12.2 Å². The molecule has 0 unspecified atom stereocenters. The molecule has 0 saturated heterocycles. The maximum Gasteiger partial charge on any atom is 0.438 e. The van der Waals surface area contributed by atoms with Crippen molar-refractivity contribution in [2.45, 2.75) is 32.2 Å². The van der Waals surface area contributed by atoms with Crippen LogP contribution in [0.25, 0.3) is 0 Å². The van der Waals surface area contributed by atoms with Crippen molar-refractivity contribution in [2.24, 2.45) is 0 Å². The minimum atomic E-state index is -0.642. The Morgan fingerprint density at radius 2 is 1.81 bits per heavy atom. The van der Waals surface area contributed by atoms with Gasteiger partial charge in [-0.2, -0.15) is 0 Å². The molecule has 3 aromatic rings. The van der Waals surface area contributed by atoms with Gasteiger partial charge in [0.2, 0.25) is 5.91 Å². The normalized spacial score (nSPS) is 11.4. The summed E-state index contributed by atoms with van der Waals surface area (Å²) >= 11 is 0. The second-order valence-corrected chi connectivity index (χ2v) is 6.84. The molecule has 1 heterocycles. The lowest BCUT2D eigenvalue weighted by atomic mass is 9.93.